The van der Waals surface area contributed by atoms with Gasteiger partial charge in [0.15, 0.2) is 0 Å². The maximum atomic E-state index is 8.47. The van der Waals surface area contributed by atoms with E-state index < -0.39 is 5.79 Å². The molecule has 0 rings (SSSR count). The first-order valence-electron chi connectivity index (χ1n) is 4.25. The SMILES string of the molecule is CCC(C)OOC(C)(CC)OO. The van der Waals surface area contributed by atoms with Crippen molar-refractivity contribution >= 4 is 0 Å². The highest BCUT2D eigenvalue weighted by molar-refractivity contribution is 4.54. The van der Waals surface area contributed by atoms with Crippen molar-refractivity contribution in [2.45, 2.75) is 52.4 Å². The van der Waals surface area contributed by atoms with E-state index in [2.05, 4.69) is 4.89 Å². The quantitative estimate of drug-likeness (QED) is 0.385. The van der Waals surface area contributed by atoms with Gasteiger partial charge >= 0.3 is 0 Å². The molecule has 2 unspecified atom stereocenters. The summed E-state index contributed by atoms with van der Waals surface area (Å²) < 4.78 is 0. The van der Waals surface area contributed by atoms with Gasteiger partial charge in [-0.3, -0.25) is 0 Å². The molecule has 1 N–H and O–H groups in total. The smallest absolute Gasteiger partial charge is 0.230 e. The van der Waals surface area contributed by atoms with E-state index in [1.54, 1.807) is 6.92 Å². The predicted octanol–water partition coefficient (Wildman–Crippen LogP) is 2.35. The minimum Gasteiger partial charge on any atom is -0.249 e. The van der Waals surface area contributed by atoms with Crippen LogP contribution in [0, 0.1) is 0 Å². The summed E-state index contributed by atoms with van der Waals surface area (Å²) in [4.78, 5) is 14.0. The molecule has 0 aromatic heterocycles. The number of rotatable bonds is 6. The van der Waals surface area contributed by atoms with Crippen molar-refractivity contribution < 1.29 is 19.9 Å². The third kappa shape index (κ3) is 4.01. The molecule has 0 amide bonds. The molecule has 0 aromatic carbocycles. The second-order valence-corrected chi connectivity index (χ2v) is 2.98. The molecule has 0 saturated heterocycles. The lowest BCUT2D eigenvalue weighted by molar-refractivity contribution is -0.503. The lowest BCUT2D eigenvalue weighted by Gasteiger charge is -2.24. The van der Waals surface area contributed by atoms with E-state index in [1.165, 1.54) is 0 Å². The van der Waals surface area contributed by atoms with E-state index in [9.17, 15) is 0 Å². The van der Waals surface area contributed by atoms with E-state index in [4.69, 9.17) is 15.0 Å². The summed E-state index contributed by atoms with van der Waals surface area (Å²) in [7, 11) is 0. The Morgan fingerprint density at radius 3 is 2.33 bits per heavy atom. The minimum absolute atomic E-state index is 0.00558. The Morgan fingerprint density at radius 1 is 1.42 bits per heavy atom. The van der Waals surface area contributed by atoms with Crippen molar-refractivity contribution in [1.29, 1.82) is 0 Å². The summed E-state index contributed by atoms with van der Waals surface area (Å²) in [5, 5.41) is 8.47. The molecular weight excluding hydrogens is 160 g/mol. The molecule has 0 aliphatic rings. The summed E-state index contributed by atoms with van der Waals surface area (Å²) in [6, 6.07) is 0. The van der Waals surface area contributed by atoms with Gasteiger partial charge in [0.2, 0.25) is 5.79 Å². The van der Waals surface area contributed by atoms with Gasteiger partial charge in [0.05, 0.1) is 6.10 Å². The molecule has 12 heavy (non-hydrogen) atoms. The van der Waals surface area contributed by atoms with E-state index in [-0.39, 0.29) is 6.10 Å². The zero-order valence-electron chi connectivity index (χ0n) is 8.16. The lowest BCUT2D eigenvalue weighted by Crippen LogP contribution is -2.31. The average Bonchev–Trinajstić information content (AvgIpc) is 2.13. The van der Waals surface area contributed by atoms with Gasteiger partial charge in [-0.2, -0.15) is 4.89 Å². The van der Waals surface area contributed by atoms with Crippen molar-refractivity contribution in [3.63, 3.8) is 0 Å². The Labute approximate surface area is 73.3 Å². The fourth-order valence-corrected chi connectivity index (χ4v) is 0.391. The zero-order chi connectivity index (χ0) is 9.61. The highest BCUT2D eigenvalue weighted by Crippen LogP contribution is 2.17. The third-order valence-electron chi connectivity index (χ3n) is 1.80. The molecule has 0 heterocycles. The second kappa shape index (κ2) is 5.48. The summed E-state index contributed by atoms with van der Waals surface area (Å²) in [5.41, 5.74) is 0. The summed E-state index contributed by atoms with van der Waals surface area (Å²) in [6.45, 7) is 7.30. The molecular formula is C8H18O4. The molecule has 0 aliphatic heterocycles. The van der Waals surface area contributed by atoms with Crippen LogP contribution in [0.2, 0.25) is 0 Å². The van der Waals surface area contributed by atoms with E-state index in [0.717, 1.165) is 6.42 Å². The van der Waals surface area contributed by atoms with Crippen LogP contribution in [0.1, 0.15) is 40.5 Å². The van der Waals surface area contributed by atoms with E-state index >= 15 is 0 Å². The zero-order valence-corrected chi connectivity index (χ0v) is 8.16. The van der Waals surface area contributed by atoms with Gasteiger partial charge in [0.1, 0.15) is 0 Å². The molecule has 0 spiro atoms. The van der Waals surface area contributed by atoms with Gasteiger partial charge in [0.25, 0.3) is 0 Å². The first-order valence-corrected chi connectivity index (χ1v) is 4.25. The molecule has 0 saturated carbocycles. The van der Waals surface area contributed by atoms with Crippen LogP contribution in [0.4, 0.5) is 0 Å². The Hall–Kier alpha value is -0.160. The molecule has 0 radical (unpaired) electrons. The summed E-state index contributed by atoms with van der Waals surface area (Å²) >= 11 is 0. The van der Waals surface area contributed by atoms with Gasteiger partial charge in [-0.05, 0) is 20.3 Å². The fourth-order valence-electron chi connectivity index (χ4n) is 0.391. The Balaban J connectivity index is 3.72. The second-order valence-electron chi connectivity index (χ2n) is 2.98. The molecule has 0 fully saturated rings. The van der Waals surface area contributed by atoms with Crippen LogP contribution >= 0.6 is 0 Å². The van der Waals surface area contributed by atoms with E-state index in [1.807, 2.05) is 20.8 Å². The average molecular weight is 178 g/mol. The van der Waals surface area contributed by atoms with Crippen LogP contribution in [0.25, 0.3) is 0 Å². The van der Waals surface area contributed by atoms with Crippen molar-refractivity contribution in [3.8, 4) is 0 Å². The molecule has 0 bridgehead atoms. The number of hydrogen-bond acceptors (Lipinski definition) is 4. The van der Waals surface area contributed by atoms with Crippen LogP contribution in [0.3, 0.4) is 0 Å². The molecule has 4 heteroatoms. The first-order chi connectivity index (χ1) is 5.58. The molecule has 4 nitrogen and oxygen atoms in total. The van der Waals surface area contributed by atoms with Gasteiger partial charge in [-0.1, -0.05) is 13.8 Å². The fraction of sp³-hybridized carbons (Fsp3) is 1.00. The van der Waals surface area contributed by atoms with Crippen molar-refractivity contribution in [2.75, 3.05) is 0 Å². The van der Waals surface area contributed by atoms with Gasteiger partial charge in [-0.15, -0.1) is 0 Å². The van der Waals surface area contributed by atoms with Gasteiger partial charge in [-0.25, -0.2) is 15.0 Å². The summed E-state index contributed by atoms with van der Waals surface area (Å²) in [6.07, 6.45) is 1.37. The molecule has 0 aliphatic carbocycles. The molecule has 2 atom stereocenters. The highest BCUT2D eigenvalue weighted by Gasteiger charge is 2.26. The standard InChI is InChI=1S/C8H18O4/c1-5-7(3)10-12-8(4,6-2)11-9/h7,9H,5-6H2,1-4H3. The number of hydrogen-bond donors (Lipinski definition) is 1. The Morgan fingerprint density at radius 2 is 2.00 bits per heavy atom. The largest absolute Gasteiger partial charge is 0.249 e. The maximum Gasteiger partial charge on any atom is 0.230 e. The van der Waals surface area contributed by atoms with Gasteiger partial charge in [0, 0.05) is 6.42 Å². The van der Waals surface area contributed by atoms with Crippen LogP contribution < -0.4 is 0 Å². The van der Waals surface area contributed by atoms with Crippen molar-refractivity contribution in [3.05, 3.63) is 0 Å². The maximum absolute atomic E-state index is 8.47. The summed E-state index contributed by atoms with van der Waals surface area (Å²) in [5.74, 6) is -1.05. The van der Waals surface area contributed by atoms with Crippen LogP contribution in [-0.4, -0.2) is 17.1 Å². The monoisotopic (exact) mass is 178 g/mol. The van der Waals surface area contributed by atoms with Crippen molar-refractivity contribution in [1.82, 2.24) is 0 Å². The topological polar surface area (TPSA) is 47.9 Å². The lowest BCUT2D eigenvalue weighted by atomic mass is 10.2. The van der Waals surface area contributed by atoms with Crippen LogP contribution in [0.5, 0.6) is 0 Å². The van der Waals surface area contributed by atoms with Gasteiger partial charge < -0.3 is 0 Å². The van der Waals surface area contributed by atoms with Crippen molar-refractivity contribution in [2.24, 2.45) is 0 Å². The normalized spacial score (nSPS) is 18.8. The predicted molar refractivity (Wildman–Crippen MR) is 44.3 cm³/mol. The third-order valence-corrected chi connectivity index (χ3v) is 1.80. The highest BCUT2D eigenvalue weighted by atomic mass is 17.3. The van der Waals surface area contributed by atoms with Crippen LogP contribution in [-0.2, 0) is 14.7 Å². The Bertz CT molecular complexity index is 112. The molecule has 0 aromatic rings. The first kappa shape index (κ1) is 11.8. The molecule has 74 valence electrons. The Kier molecular flexibility index (Phi) is 5.41. The minimum atomic E-state index is -1.05. The van der Waals surface area contributed by atoms with Crippen LogP contribution in [0.15, 0.2) is 0 Å². The van der Waals surface area contributed by atoms with E-state index in [0.29, 0.717) is 6.42 Å².